The number of fused-ring (bicyclic) bond motifs is 1. The summed E-state index contributed by atoms with van der Waals surface area (Å²) >= 11 is 0. The highest BCUT2D eigenvalue weighted by Crippen LogP contribution is 2.38. The Labute approximate surface area is 189 Å². The van der Waals surface area contributed by atoms with E-state index in [0.717, 1.165) is 12.8 Å². The number of nitrogens with zero attached hydrogens (tertiary/aromatic N) is 4. The van der Waals surface area contributed by atoms with Gasteiger partial charge in [0.1, 0.15) is 6.04 Å². The first-order valence-electron chi connectivity index (χ1n) is 11.9. The molecule has 2 aliphatic heterocycles. The van der Waals surface area contributed by atoms with Gasteiger partial charge in [-0.1, -0.05) is 45.0 Å². The average molecular weight is 443 g/mol. The van der Waals surface area contributed by atoms with E-state index in [1.165, 1.54) is 4.90 Å². The number of carbonyl (C=O) groups is 3. The van der Waals surface area contributed by atoms with Gasteiger partial charge in [0, 0.05) is 24.9 Å². The van der Waals surface area contributed by atoms with Gasteiger partial charge in [-0.05, 0) is 38.0 Å². The Hall–Kier alpha value is -2.51. The quantitative estimate of drug-likeness (QED) is 0.496. The Balaban J connectivity index is 1.53. The standard InChI is InChI=1S/C24H34N4O4/c1-14(2)12-19(28-22(29)17-9-5-6-10-18(17)23(28)30)24(31)27-11-7-8-16(13-27)20-25-21(15(3)4)32-26-20/h5-6,14-19H,7-13H2,1-4H3/t16-,17+,18+,19+/m0/s1. The largest absolute Gasteiger partial charge is 0.340 e. The molecule has 8 heteroatoms. The zero-order valence-electron chi connectivity index (χ0n) is 19.5. The van der Waals surface area contributed by atoms with Crippen molar-refractivity contribution in [1.29, 1.82) is 0 Å². The molecule has 4 rings (SSSR count). The van der Waals surface area contributed by atoms with Crippen LogP contribution in [0.25, 0.3) is 0 Å². The van der Waals surface area contributed by atoms with Gasteiger partial charge in [0.05, 0.1) is 11.8 Å². The first-order chi connectivity index (χ1) is 15.3. The molecule has 3 aliphatic rings. The van der Waals surface area contributed by atoms with Crippen molar-refractivity contribution < 1.29 is 18.9 Å². The molecule has 0 N–H and O–H groups in total. The Bertz CT molecular complexity index is 880. The van der Waals surface area contributed by atoms with Gasteiger partial charge in [-0.2, -0.15) is 4.98 Å². The van der Waals surface area contributed by atoms with Crippen LogP contribution in [0.2, 0.25) is 0 Å². The van der Waals surface area contributed by atoms with Gasteiger partial charge in [-0.25, -0.2) is 0 Å². The van der Waals surface area contributed by atoms with Gasteiger partial charge in [-0.3, -0.25) is 19.3 Å². The number of hydrogen-bond acceptors (Lipinski definition) is 6. The third-order valence-electron chi connectivity index (χ3n) is 6.88. The van der Waals surface area contributed by atoms with Gasteiger partial charge < -0.3 is 9.42 Å². The predicted molar refractivity (Wildman–Crippen MR) is 117 cm³/mol. The normalized spacial score (nSPS) is 26.9. The van der Waals surface area contributed by atoms with Crippen molar-refractivity contribution in [3.8, 4) is 0 Å². The molecule has 0 saturated carbocycles. The molecule has 2 saturated heterocycles. The summed E-state index contributed by atoms with van der Waals surface area (Å²) in [6.07, 6.45) is 7.29. The molecule has 0 radical (unpaired) electrons. The monoisotopic (exact) mass is 442 g/mol. The maximum atomic E-state index is 13.7. The van der Waals surface area contributed by atoms with E-state index in [1.54, 1.807) is 4.90 Å². The minimum Gasteiger partial charge on any atom is -0.340 e. The minimum atomic E-state index is -0.740. The average Bonchev–Trinajstić information content (AvgIpc) is 3.37. The molecule has 1 aromatic rings. The summed E-state index contributed by atoms with van der Waals surface area (Å²) in [5.41, 5.74) is 0. The second-order valence-electron chi connectivity index (χ2n) is 10.1. The SMILES string of the molecule is CC(C)C[C@H](C(=O)N1CCC[C@H](c2noc(C(C)C)n2)C1)N1C(=O)[C@@H]2CC=CC[C@H]2C1=O. The molecule has 8 nitrogen and oxygen atoms in total. The fourth-order valence-electron chi connectivity index (χ4n) is 5.14. The van der Waals surface area contributed by atoms with Crippen LogP contribution in [0.3, 0.4) is 0 Å². The van der Waals surface area contributed by atoms with Gasteiger partial charge >= 0.3 is 0 Å². The number of likely N-dealkylation sites (tertiary alicyclic amines) is 2. The lowest BCUT2D eigenvalue weighted by Crippen LogP contribution is -2.53. The fraction of sp³-hybridized carbons (Fsp3) is 0.708. The van der Waals surface area contributed by atoms with Crippen LogP contribution < -0.4 is 0 Å². The summed E-state index contributed by atoms with van der Waals surface area (Å²) in [6, 6.07) is -0.740. The van der Waals surface area contributed by atoms with Gasteiger partial charge in [0.2, 0.25) is 23.6 Å². The molecule has 1 aromatic heterocycles. The van der Waals surface area contributed by atoms with Crippen LogP contribution in [0.15, 0.2) is 16.7 Å². The molecular weight excluding hydrogens is 408 g/mol. The number of piperidine rings is 1. The van der Waals surface area contributed by atoms with E-state index in [9.17, 15) is 14.4 Å². The zero-order chi connectivity index (χ0) is 23.0. The van der Waals surface area contributed by atoms with E-state index < -0.39 is 6.04 Å². The van der Waals surface area contributed by atoms with Gasteiger partial charge in [0.25, 0.3) is 0 Å². The molecule has 3 heterocycles. The first-order valence-corrected chi connectivity index (χ1v) is 11.9. The van der Waals surface area contributed by atoms with Crippen molar-refractivity contribution in [3.05, 3.63) is 23.9 Å². The third kappa shape index (κ3) is 4.24. The summed E-state index contributed by atoms with van der Waals surface area (Å²) in [6.45, 7) is 9.14. The van der Waals surface area contributed by atoms with E-state index in [4.69, 9.17) is 4.52 Å². The van der Waals surface area contributed by atoms with Crippen LogP contribution in [0.5, 0.6) is 0 Å². The highest BCUT2D eigenvalue weighted by Gasteiger charge is 2.52. The van der Waals surface area contributed by atoms with E-state index >= 15 is 0 Å². The Morgan fingerprint density at radius 2 is 1.78 bits per heavy atom. The second-order valence-corrected chi connectivity index (χ2v) is 10.1. The van der Waals surface area contributed by atoms with Crippen molar-refractivity contribution in [2.45, 2.75) is 77.7 Å². The van der Waals surface area contributed by atoms with Crippen molar-refractivity contribution in [1.82, 2.24) is 19.9 Å². The minimum absolute atomic E-state index is 0.000381. The second kappa shape index (κ2) is 9.16. The smallest absolute Gasteiger partial charge is 0.245 e. The number of carbonyl (C=O) groups excluding carboxylic acids is 3. The highest BCUT2D eigenvalue weighted by atomic mass is 16.5. The van der Waals surface area contributed by atoms with Crippen molar-refractivity contribution in [3.63, 3.8) is 0 Å². The van der Waals surface area contributed by atoms with E-state index in [-0.39, 0.29) is 47.3 Å². The molecule has 174 valence electrons. The van der Waals surface area contributed by atoms with Crippen LogP contribution in [0.1, 0.15) is 83.3 Å². The van der Waals surface area contributed by atoms with E-state index in [0.29, 0.717) is 44.1 Å². The van der Waals surface area contributed by atoms with Crippen LogP contribution in [0, 0.1) is 17.8 Å². The van der Waals surface area contributed by atoms with E-state index in [2.05, 4.69) is 10.1 Å². The molecule has 32 heavy (non-hydrogen) atoms. The molecular formula is C24H34N4O4. The number of allylic oxidation sites excluding steroid dienone is 2. The van der Waals surface area contributed by atoms with Gasteiger partial charge in [0.15, 0.2) is 5.82 Å². The lowest BCUT2D eigenvalue weighted by Gasteiger charge is -2.36. The molecule has 4 atom stereocenters. The third-order valence-corrected chi connectivity index (χ3v) is 6.88. The maximum absolute atomic E-state index is 13.7. The summed E-state index contributed by atoms with van der Waals surface area (Å²) in [4.78, 5) is 47.7. The van der Waals surface area contributed by atoms with Gasteiger partial charge in [-0.15, -0.1) is 0 Å². The number of rotatable bonds is 6. The lowest BCUT2D eigenvalue weighted by molar-refractivity contribution is -0.153. The van der Waals surface area contributed by atoms with Crippen LogP contribution >= 0.6 is 0 Å². The van der Waals surface area contributed by atoms with Crippen LogP contribution in [-0.2, 0) is 14.4 Å². The number of hydrogen-bond donors (Lipinski definition) is 0. The van der Waals surface area contributed by atoms with Crippen molar-refractivity contribution in [2.24, 2.45) is 17.8 Å². The Morgan fingerprint density at radius 3 is 2.34 bits per heavy atom. The molecule has 0 aromatic carbocycles. The summed E-state index contributed by atoms with van der Waals surface area (Å²) < 4.78 is 5.37. The molecule has 0 spiro atoms. The zero-order valence-corrected chi connectivity index (χ0v) is 19.5. The summed E-state index contributed by atoms with van der Waals surface area (Å²) in [5, 5.41) is 4.15. The molecule has 0 unspecified atom stereocenters. The number of aromatic nitrogens is 2. The number of amides is 3. The Kier molecular flexibility index (Phi) is 6.49. The number of imide groups is 1. The van der Waals surface area contributed by atoms with Crippen LogP contribution in [-0.4, -0.2) is 56.8 Å². The molecule has 3 amide bonds. The highest BCUT2D eigenvalue weighted by molar-refractivity contribution is 6.08. The van der Waals surface area contributed by atoms with E-state index in [1.807, 2.05) is 39.8 Å². The van der Waals surface area contributed by atoms with Crippen LogP contribution in [0.4, 0.5) is 0 Å². The topological polar surface area (TPSA) is 96.6 Å². The lowest BCUT2D eigenvalue weighted by atomic mass is 9.85. The first kappa shape index (κ1) is 22.7. The molecule has 1 aliphatic carbocycles. The predicted octanol–water partition coefficient (Wildman–Crippen LogP) is 3.26. The van der Waals surface area contributed by atoms with Crippen molar-refractivity contribution in [2.75, 3.05) is 13.1 Å². The summed E-state index contributed by atoms with van der Waals surface area (Å²) in [5.74, 6) is 0.422. The van der Waals surface area contributed by atoms with Crippen molar-refractivity contribution >= 4 is 17.7 Å². The fourth-order valence-corrected chi connectivity index (χ4v) is 5.14. The molecule has 2 fully saturated rings. The molecule has 0 bridgehead atoms. The maximum Gasteiger partial charge on any atom is 0.245 e. The Morgan fingerprint density at radius 1 is 1.12 bits per heavy atom. The summed E-state index contributed by atoms with van der Waals surface area (Å²) in [7, 11) is 0.